The zero-order valence-corrected chi connectivity index (χ0v) is 15.6. The van der Waals surface area contributed by atoms with Gasteiger partial charge in [0.1, 0.15) is 5.82 Å². The van der Waals surface area contributed by atoms with Crippen LogP contribution in [0.1, 0.15) is 24.0 Å². The van der Waals surface area contributed by atoms with Gasteiger partial charge in [0.2, 0.25) is 0 Å². The Bertz CT molecular complexity index is 770. The highest BCUT2D eigenvalue weighted by molar-refractivity contribution is 5.54. The van der Waals surface area contributed by atoms with Gasteiger partial charge in [-0.05, 0) is 43.5 Å². The smallest absolute Gasteiger partial charge is 0.125 e. The van der Waals surface area contributed by atoms with Crippen LogP contribution >= 0.6 is 0 Å². The molecule has 26 heavy (non-hydrogen) atoms. The van der Waals surface area contributed by atoms with Crippen LogP contribution in [0.15, 0.2) is 48.5 Å². The van der Waals surface area contributed by atoms with Crippen molar-refractivity contribution in [3.8, 4) is 0 Å². The van der Waals surface area contributed by atoms with Gasteiger partial charge >= 0.3 is 0 Å². The summed E-state index contributed by atoms with van der Waals surface area (Å²) in [5.41, 5.74) is 3.67. The molecule has 0 radical (unpaired) electrons. The lowest BCUT2D eigenvalue weighted by Gasteiger charge is -2.62. The molecule has 2 aromatic rings. The molecule has 0 bridgehead atoms. The maximum absolute atomic E-state index is 13.7. The minimum absolute atomic E-state index is 0.00560. The van der Waals surface area contributed by atoms with Gasteiger partial charge in [0.05, 0.1) is 11.6 Å². The molecule has 2 saturated heterocycles. The molecule has 2 fully saturated rings. The summed E-state index contributed by atoms with van der Waals surface area (Å²) in [6.07, 6.45) is 2.33. The van der Waals surface area contributed by atoms with E-state index in [-0.39, 0.29) is 17.5 Å². The maximum atomic E-state index is 13.7. The minimum Gasteiger partial charge on any atom is -0.377 e. The third kappa shape index (κ3) is 3.12. The molecule has 2 heterocycles. The molecular weight excluding hydrogens is 327 g/mol. The molecule has 0 amide bonds. The first kappa shape index (κ1) is 17.5. The fourth-order valence-corrected chi connectivity index (χ4v) is 4.64. The third-order valence-corrected chi connectivity index (χ3v) is 6.10. The molecule has 2 aliphatic heterocycles. The number of methoxy groups -OCH3 is 1. The Morgan fingerprint density at radius 3 is 2.58 bits per heavy atom. The lowest BCUT2D eigenvalue weighted by Crippen LogP contribution is -2.74. The fourth-order valence-electron chi connectivity index (χ4n) is 4.64. The summed E-state index contributed by atoms with van der Waals surface area (Å²) >= 11 is 0. The van der Waals surface area contributed by atoms with E-state index in [1.54, 1.807) is 19.2 Å². The molecule has 0 aromatic heterocycles. The molecule has 1 unspecified atom stereocenters. The SMILES string of the molecule is COC1CN(c2cccc(F)c2)C12CCN(Cc1cccc(C)c1)CC2. The second kappa shape index (κ2) is 7.01. The van der Waals surface area contributed by atoms with Crippen molar-refractivity contribution in [1.82, 2.24) is 4.90 Å². The molecule has 4 rings (SSSR count). The van der Waals surface area contributed by atoms with Gasteiger partial charge in [0.25, 0.3) is 0 Å². The largest absolute Gasteiger partial charge is 0.377 e. The molecule has 3 nitrogen and oxygen atoms in total. The van der Waals surface area contributed by atoms with Crippen LogP contribution < -0.4 is 4.90 Å². The molecule has 0 aliphatic carbocycles. The molecule has 1 spiro atoms. The number of anilines is 1. The first-order chi connectivity index (χ1) is 12.6. The lowest BCUT2D eigenvalue weighted by molar-refractivity contribution is -0.0472. The van der Waals surface area contributed by atoms with Crippen LogP contribution in [0, 0.1) is 12.7 Å². The van der Waals surface area contributed by atoms with Crippen LogP contribution in [-0.4, -0.2) is 43.3 Å². The number of ether oxygens (including phenoxy) is 1. The van der Waals surface area contributed by atoms with Gasteiger partial charge < -0.3 is 9.64 Å². The maximum Gasteiger partial charge on any atom is 0.125 e. The minimum atomic E-state index is -0.171. The van der Waals surface area contributed by atoms with E-state index >= 15 is 0 Å². The predicted octanol–water partition coefficient (Wildman–Crippen LogP) is 4.00. The van der Waals surface area contributed by atoms with Crippen molar-refractivity contribution in [2.24, 2.45) is 0 Å². The summed E-state index contributed by atoms with van der Waals surface area (Å²) in [5, 5.41) is 0. The lowest BCUT2D eigenvalue weighted by atomic mass is 9.73. The van der Waals surface area contributed by atoms with Crippen molar-refractivity contribution in [2.75, 3.05) is 31.6 Å². The third-order valence-electron chi connectivity index (χ3n) is 6.10. The van der Waals surface area contributed by atoms with Gasteiger partial charge in [-0.15, -0.1) is 0 Å². The van der Waals surface area contributed by atoms with Crippen LogP contribution in [0.2, 0.25) is 0 Å². The number of aryl methyl sites for hydroxylation is 1. The van der Waals surface area contributed by atoms with Crippen LogP contribution in [0.25, 0.3) is 0 Å². The molecule has 2 aliphatic rings. The van der Waals surface area contributed by atoms with Crippen molar-refractivity contribution >= 4 is 5.69 Å². The Labute approximate surface area is 155 Å². The number of rotatable bonds is 4. The van der Waals surface area contributed by atoms with Crippen LogP contribution in [0.4, 0.5) is 10.1 Å². The van der Waals surface area contributed by atoms with Crippen molar-refractivity contribution in [3.63, 3.8) is 0 Å². The van der Waals surface area contributed by atoms with Crippen LogP contribution in [0.3, 0.4) is 0 Å². The first-order valence-electron chi connectivity index (χ1n) is 9.45. The Hall–Kier alpha value is -1.91. The van der Waals surface area contributed by atoms with Gasteiger partial charge in [-0.1, -0.05) is 35.9 Å². The van der Waals surface area contributed by atoms with Crippen molar-refractivity contribution in [1.29, 1.82) is 0 Å². The monoisotopic (exact) mass is 354 g/mol. The number of piperidine rings is 1. The summed E-state index contributed by atoms with van der Waals surface area (Å²) in [7, 11) is 1.80. The summed E-state index contributed by atoms with van der Waals surface area (Å²) in [6.45, 7) is 6.07. The average Bonchev–Trinajstić information content (AvgIpc) is 2.62. The Morgan fingerprint density at radius 1 is 1.12 bits per heavy atom. The quantitative estimate of drug-likeness (QED) is 0.825. The van der Waals surface area contributed by atoms with Gasteiger partial charge in [0.15, 0.2) is 0 Å². The summed E-state index contributed by atoms with van der Waals surface area (Å²) in [4.78, 5) is 4.88. The number of halogens is 1. The highest BCUT2D eigenvalue weighted by atomic mass is 19.1. The molecule has 0 saturated carbocycles. The summed E-state index contributed by atoms with van der Waals surface area (Å²) < 4.78 is 19.5. The fraction of sp³-hybridized carbons (Fsp3) is 0.455. The van der Waals surface area contributed by atoms with E-state index in [1.165, 1.54) is 17.2 Å². The van der Waals surface area contributed by atoms with Crippen molar-refractivity contribution in [2.45, 2.75) is 38.0 Å². The number of hydrogen-bond donors (Lipinski definition) is 0. The van der Waals surface area contributed by atoms with E-state index in [1.807, 2.05) is 6.07 Å². The normalized spacial score (nSPS) is 22.4. The molecule has 2 aromatic carbocycles. The van der Waals surface area contributed by atoms with Gasteiger partial charge in [0, 0.05) is 39.0 Å². The number of likely N-dealkylation sites (tertiary alicyclic amines) is 1. The number of hydrogen-bond acceptors (Lipinski definition) is 3. The molecule has 138 valence electrons. The van der Waals surface area contributed by atoms with E-state index in [2.05, 4.69) is 41.0 Å². The van der Waals surface area contributed by atoms with Gasteiger partial charge in [-0.3, -0.25) is 4.90 Å². The summed E-state index contributed by atoms with van der Waals surface area (Å²) in [5.74, 6) is -0.171. The second-order valence-corrected chi connectivity index (χ2v) is 7.68. The van der Waals surface area contributed by atoms with Gasteiger partial charge in [-0.2, -0.15) is 0 Å². The van der Waals surface area contributed by atoms with E-state index in [0.717, 1.165) is 44.7 Å². The van der Waals surface area contributed by atoms with Crippen molar-refractivity contribution < 1.29 is 9.13 Å². The molecular formula is C22H27FN2O. The standard InChI is InChI=1S/C22H27FN2O/c1-17-5-3-6-18(13-17)15-24-11-9-22(10-12-24)21(26-2)16-25(22)20-8-4-7-19(23)14-20/h3-8,13-14,21H,9-12,15-16H2,1-2H3. The average molecular weight is 354 g/mol. The Balaban J connectivity index is 1.46. The molecule has 1 atom stereocenters. The van der Waals surface area contributed by atoms with E-state index in [0.29, 0.717) is 0 Å². The first-order valence-corrected chi connectivity index (χ1v) is 9.45. The highest BCUT2D eigenvalue weighted by Crippen LogP contribution is 2.44. The second-order valence-electron chi connectivity index (χ2n) is 7.68. The van der Waals surface area contributed by atoms with E-state index < -0.39 is 0 Å². The Morgan fingerprint density at radius 2 is 1.88 bits per heavy atom. The zero-order valence-electron chi connectivity index (χ0n) is 15.6. The van der Waals surface area contributed by atoms with Gasteiger partial charge in [-0.25, -0.2) is 4.39 Å². The van der Waals surface area contributed by atoms with Crippen LogP contribution in [0.5, 0.6) is 0 Å². The van der Waals surface area contributed by atoms with E-state index in [4.69, 9.17) is 4.74 Å². The molecule has 4 heteroatoms. The van der Waals surface area contributed by atoms with Crippen LogP contribution in [-0.2, 0) is 11.3 Å². The van der Waals surface area contributed by atoms with Crippen molar-refractivity contribution in [3.05, 3.63) is 65.5 Å². The molecule has 0 N–H and O–H groups in total. The summed E-state index contributed by atoms with van der Waals surface area (Å²) in [6, 6.07) is 15.7. The highest BCUT2D eigenvalue weighted by Gasteiger charge is 2.54. The predicted molar refractivity (Wildman–Crippen MR) is 103 cm³/mol. The topological polar surface area (TPSA) is 15.7 Å². The Kier molecular flexibility index (Phi) is 4.72. The van der Waals surface area contributed by atoms with E-state index in [9.17, 15) is 4.39 Å². The number of benzene rings is 2. The zero-order chi connectivity index (χ0) is 18.1. The number of nitrogens with zero attached hydrogens (tertiary/aromatic N) is 2.